The van der Waals surface area contributed by atoms with Gasteiger partial charge in [-0.05, 0) is 25.5 Å². The van der Waals surface area contributed by atoms with Gasteiger partial charge in [-0.2, -0.15) is 4.37 Å². The number of carbonyl (C=O) groups excluding carboxylic acids is 1. The van der Waals surface area contributed by atoms with Gasteiger partial charge in [-0.3, -0.25) is 10.1 Å². The fourth-order valence-electron chi connectivity index (χ4n) is 1.62. The Morgan fingerprint density at radius 3 is 2.90 bits per heavy atom. The predicted molar refractivity (Wildman–Crippen MR) is 79.4 cm³/mol. The van der Waals surface area contributed by atoms with E-state index in [0.29, 0.717) is 28.9 Å². The summed E-state index contributed by atoms with van der Waals surface area (Å²) in [5, 5.41) is 3.23. The summed E-state index contributed by atoms with van der Waals surface area (Å²) in [5.41, 5.74) is 0.511. The van der Waals surface area contributed by atoms with Crippen molar-refractivity contribution in [3.63, 3.8) is 0 Å². The molecule has 0 saturated carbocycles. The number of ether oxygens (including phenoxy) is 1. The number of rotatable bonds is 6. The van der Waals surface area contributed by atoms with Crippen LogP contribution in [0.5, 0.6) is 5.75 Å². The van der Waals surface area contributed by atoms with Crippen LogP contribution in [-0.2, 0) is 0 Å². The maximum absolute atomic E-state index is 12.2. The molecule has 0 aliphatic heterocycles. The van der Waals surface area contributed by atoms with Crippen LogP contribution < -0.4 is 10.1 Å². The molecule has 1 aromatic carbocycles. The molecule has 0 bridgehead atoms. The van der Waals surface area contributed by atoms with Crippen LogP contribution in [0.25, 0.3) is 0 Å². The second-order valence-electron chi connectivity index (χ2n) is 4.30. The summed E-state index contributed by atoms with van der Waals surface area (Å²) in [4.78, 5) is 16.3. The molecule has 2 rings (SSSR count). The van der Waals surface area contributed by atoms with E-state index in [2.05, 4.69) is 21.6 Å². The summed E-state index contributed by atoms with van der Waals surface area (Å²) in [6, 6.07) is 7.21. The third kappa shape index (κ3) is 3.77. The zero-order valence-corrected chi connectivity index (χ0v) is 12.4. The van der Waals surface area contributed by atoms with Crippen LogP contribution in [0.15, 0.2) is 24.3 Å². The zero-order chi connectivity index (χ0) is 14.4. The lowest BCUT2D eigenvalue weighted by Gasteiger charge is -2.10. The van der Waals surface area contributed by atoms with Crippen LogP contribution in [-0.4, -0.2) is 21.9 Å². The summed E-state index contributed by atoms with van der Waals surface area (Å²) in [6.07, 6.45) is 2.02. The zero-order valence-electron chi connectivity index (χ0n) is 11.5. The van der Waals surface area contributed by atoms with E-state index in [4.69, 9.17) is 4.74 Å². The number of nitrogens with zero attached hydrogens (tertiary/aromatic N) is 2. The molecule has 5 nitrogen and oxygen atoms in total. The van der Waals surface area contributed by atoms with Crippen LogP contribution in [0.1, 0.15) is 35.9 Å². The second-order valence-corrected chi connectivity index (χ2v) is 5.05. The van der Waals surface area contributed by atoms with Gasteiger partial charge in [0, 0.05) is 11.5 Å². The average molecular weight is 291 g/mol. The first-order valence-corrected chi connectivity index (χ1v) is 7.31. The van der Waals surface area contributed by atoms with E-state index in [9.17, 15) is 4.79 Å². The van der Waals surface area contributed by atoms with E-state index < -0.39 is 0 Å². The Morgan fingerprint density at radius 1 is 1.40 bits per heavy atom. The molecule has 1 amide bonds. The predicted octanol–water partition coefficient (Wildman–Crippen LogP) is 3.28. The van der Waals surface area contributed by atoms with E-state index in [-0.39, 0.29) is 5.91 Å². The summed E-state index contributed by atoms with van der Waals surface area (Å²) in [5.74, 6) is 1.02. The van der Waals surface area contributed by atoms with Crippen molar-refractivity contribution in [2.75, 3.05) is 11.9 Å². The molecule has 6 heteroatoms. The van der Waals surface area contributed by atoms with Gasteiger partial charge in [0.2, 0.25) is 5.13 Å². The van der Waals surface area contributed by atoms with Crippen LogP contribution in [0, 0.1) is 6.92 Å². The molecule has 0 unspecified atom stereocenters. The molecule has 0 spiro atoms. The number of aryl methyl sites for hydroxylation is 1. The van der Waals surface area contributed by atoms with Crippen molar-refractivity contribution in [1.82, 2.24) is 9.36 Å². The van der Waals surface area contributed by atoms with Gasteiger partial charge in [-0.25, -0.2) is 4.98 Å². The van der Waals surface area contributed by atoms with Crippen molar-refractivity contribution in [2.45, 2.75) is 26.7 Å². The van der Waals surface area contributed by atoms with Gasteiger partial charge in [0.25, 0.3) is 5.91 Å². The molecule has 0 atom stereocenters. The molecule has 0 saturated heterocycles. The van der Waals surface area contributed by atoms with Crippen molar-refractivity contribution in [2.24, 2.45) is 0 Å². The van der Waals surface area contributed by atoms with E-state index in [1.807, 2.05) is 12.1 Å². The van der Waals surface area contributed by atoms with Crippen LogP contribution in [0.2, 0.25) is 0 Å². The summed E-state index contributed by atoms with van der Waals surface area (Å²) >= 11 is 1.17. The van der Waals surface area contributed by atoms with Gasteiger partial charge in [-0.1, -0.05) is 25.5 Å². The molecule has 1 heterocycles. The van der Waals surface area contributed by atoms with Crippen LogP contribution in [0.3, 0.4) is 0 Å². The lowest BCUT2D eigenvalue weighted by atomic mass is 10.2. The first-order chi connectivity index (χ1) is 9.70. The summed E-state index contributed by atoms with van der Waals surface area (Å²) in [7, 11) is 0. The van der Waals surface area contributed by atoms with Gasteiger partial charge in [-0.15, -0.1) is 0 Å². The van der Waals surface area contributed by atoms with E-state index in [0.717, 1.165) is 12.8 Å². The molecule has 0 fully saturated rings. The minimum atomic E-state index is -0.228. The number of carbonyl (C=O) groups is 1. The molecule has 106 valence electrons. The minimum Gasteiger partial charge on any atom is -0.493 e. The van der Waals surface area contributed by atoms with Gasteiger partial charge in [0.05, 0.1) is 12.2 Å². The highest BCUT2D eigenvalue weighted by molar-refractivity contribution is 7.09. The Labute approximate surface area is 122 Å². The highest BCUT2D eigenvalue weighted by atomic mass is 32.1. The first-order valence-electron chi connectivity index (χ1n) is 6.54. The van der Waals surface area contributed by atoms with Gasteiger partial charge in [0.15, 0.2) is 0 Å². The first kappa shape index (κ1) is 14.5. The Balaban J connectivity index is 2.08. The normalized spacial score (nSPS) is 10.3. The molecule has 20 heavy (non-hydrogen) atoms. The Bertz CT molecular complexity index is 583. The number of aromatic nitrogens is 2. The van der Waals surface area contributed by atoms with Crippen molar-refractivity contribution in [3.8, 4) is 5.75 Å². The van der Waals surface area contributed by atoms with Gasteiger partial charge in [0.1, 0.15) is 11.6 Å². The van der Waals surface area contributed by atoms with Crippen molar-refractivity contribution in [1.29, 1.82) is 0 Å². The number of para-hydroxylation sites is 1. The molecule has 0 aliphatic rings. The lowest BCUT2D eigenvalue weighted by molar-refractivity contribution is 0.102. The number of amides is 1. The largest absolute Gasteiger partial charge is 0.493 e. The minimum absolute atomic E-state index is 0.228. The summed E-state index contributed by atoms with van der Waals surface area (Å²) in [6.45, 7) is 4.49. The molecule has 1 N–H and O–H groups in total. The van der Waals surface area contributed by atoms with Crippen molar-refractivity contribution >= 4 is 22.6 Å². The number of nitrogens with one attached hydrogen (secondary N) is 1. The third-order valence-electron chi connectivity index (χ3n) is 2.64. The monoisotopic (exact) mass is 291 g/mol. The maximum Gasteiger partial charge on any atom is 0.261 e. The maximum atomic E-state index is 12.2. The fourth-order valence-corrected chi connectivity index (χ4v) is 2.19. The Morgan fingerprint density at radius 2 is 2.20 bits per heavy atom. The van der Waals surface area contributed by atoms with E-state index in [1.54, 1.807) is 19.1 Å². The van der Waals surface area contributed by atoms with Gasteiger partial charge >= 0.3 is 0 Å². The number of benzene rings is 1. The molecular weight excluding hydrogens is 274 g/mol. The lowest BCUT2D eigenvalue weighted by Crippen LogP contribution is -2.13. The number of hydrogen-bond donors (Lipinski definition) is 1. The SMILES string of the molecule is CCCCOc1ccccc1C(=O)Nc1nc(C)ns1. The molecule has 0 aliphatic carbocycles. The third-order valence-corrected chi connectivity index (χ3v) is 3.36. The molecule has 1 aromatic heterocycles. The number of anilines is 1. The number of unbranched alkanes of at least 4 members (excludes halogenated alkanes) is 1. The average Bonchev–Trinajstić information content (AvgIpc) is 2.85. The highest BCUT2D eigenvalue weighted by Gasteiger charge is 2.13. The highest BCUT2D eigenvalue weighted by Crippen LogP contribution is 2.20. The van der Waals surface area contributed by atoms with E-state index >= 15 is 0 Å². The smallest absolute Gasteiger partial charge is 0.261 e. The fraction of sp³-hybridized carbons (Fsp3) is 0.357. The van der Waals surface area contributed by atoms with E-state index in [1.165, 1.54) is 11.5 Å². The Kier molecular flexibility index (Phi) is 5.06. The molecule has 0 radical (unpaired) electrons. The van der Waals surface area contributed by atoms with Gasteiger partial charge < -0.3 is 4.74 Å². The number of hydrogen-bond acceptors (Lipinski definition) is 5. The topological polar surface area (TPSA) is 64.1 Å². The summed E-state index contributed by atoms with van der Waals surface area (Å²) < 4.78 is 9.68. The quantitative estimate of drug-likeness (QED) is 0.830. The molecular formula is C14H17N3O2S. The second kappa shape index (κ2) is 7.00. The van der Waals surface area contributed by atoms with Crippen molar-refractivity contribution in [3.05, 3.63) is 35.7 Å². The van der Waals surface area contributed by atoms with Crippen molar-refractivity contribution < 1.29 is 9.53 Å². The van der Waals surface area contributed by atoms with Crippen LogP contribution in [0.4, 0.5) is 5.13 Å². The Hall–Kier alpha value is -1.95. The standard InChI is InChI=1S/C14H17N3O2S/c1-3-4-9-19-12-8-6-5-7-11(12)13(18)16-14-15-10(2)17-20-14/h5-8H,3-4,9H2,1-2H3,(H,15,16,17,18). The molecule has 2 aromatic rings. The van der Waals surface area contributed by atoms with Crippen LogP contribution >= 0.6 is 11.5 Å².